The normalized spacial score (nSPS) is 19.2. The fraction of sp³-hybridized carbons (Fsp3) is 0.429. The molecule has 0 spiro atoms. The summed E-state index contributed by atoms with van der Waals surface area (Å²) >= 11 is 11.8. The Morgan fingerprint density at radius 1 is 1.48 bits per heavy atom. The van der Waals surface area contributed by atoms with Crippen LogP contribution in [0.4, 0.5) is 5.69 Å². The van der Waals surface area contributed by atoms with Crippen LogP contribution >= 0.6 is 23.2 Å². The molecular formula is C14H16Cl2N2O3. The minimum Gasteiger partial charge on any atom is -0.463 e. The molecule has 0 radical (unpaired) electrons. The van der Waals surface area contributed by atoms with Crippen molar-refractivity contribution in [1.29, 1.82) is 0 Å². The topological polar surface area (TPSA) is 58.6 Å². The molecule has 1 aromatic carbocycles. The molecule has 1 aliphatic heterocycles. The Morgan fingerprint density at radius 2 is 2.24 bits per heavy atom. The molecule has 1 aromatic rings. The summed E-state index contributed by atoms with van der Waals surface area (Å²) in [6, 6.07) is 4.26. The van der Waals surface area contributed by atoms with Gasteiger partial charge in [0.2, 0.25) is 5.91 Å². The van der Waals surface area contributed by atoms with Gasteiger partial charge in [-0.2, -0.15) is 0 Å². The van der Waals surface area contributed by atoms with Crippen molar-refractivity contribution in [3.63, 3.8) is 0 Å². The van der Waals surface area contributed by atoms with Gasteiger partial charge in [0.15, 0.2) is 0 Å². The standard InChI is InChI=1S/C14H16Cl2N2O3/c1-2-18-5-6-21-14(20)12(18)8-13(19)17-11-4-3-9(15)7-10(11)16/h3-4,7,12H,2,5-6,8H2,1H3,(H,17,19)/t12-/m0/s1. The van der Waals surface area contributed by atoms with Crippen molar-refractivity contribution in [1.82, 2.24) is 4.90 Å². The van der Waals surface area contributed by atoms with Crippen LogP contribution in [0.1, 0.15) is 13.3 Å². The average Bonchev–Trinajstić information content (AvgIpc) is 2.44. The lowest BCUT2D eigenvalue weighted by molar-refractivity contribution is -0.158. The third-order valence-electron chi connectivity index (χ3n) is 3.33. The Labute approximate surface area is 133 Å². The molecule has 0 saturated carbocycles. The number of benzene rings is 1. The van der Waals surface area contributed by atoms with Gasteiger partial charge in [0.05, 0.1) is 17.1 Å². The van der Waals surface area contributed by atoms with E-state index in [2.05, 4.69) is 5.32 Å². The number of hydrogen-bond acceptors (Lipinski definition) is 4. The van der Waals surface area contributed by atoms with Gasteiger partial charge in [0.1, 0.15) is 12.6 Å². The second-order valence-corrected chi connectivity index (χ2v) is 5.53. The molecular weight excluding hydrogens is 315 g/mol. The highest BCUT2D eigenvalue weighted by Gasteiger charge is 2.32. The number of esters is 1. The minimum atomic E-state index is -0.546. The second-order valence-electron chi connectivity index (χ2n) is 4.69. The third-order valence-corrected chi connectivity index (χ3v) is 3.87. The number of halogens is 2. The summed E-state index contributed by atoms with van der Waals surface area (Å²) in [4.78, 5) is 25.8. The van der Waals surface area contributed by atoms with Crippen LogP contribution in [0.5, 0.6) is 0 Å². The van der Waals surface area contributed by atoms with E-state index in [-0.39, 0.29) is 18.3 Å². The van der Waals surface area contributed by atoms with Crippen LogP contribution in [0.2, 0.25) is 10.0 Å². The quantitative estimate of drug-likeness (QED) is 0.862. The summed E-state index contributed by atoms with van der Waals surface area (Å²) in [5.41, 5.74) is 0.471. The maximum Gasteiger partial charge on any atom is 0.323 e. The first-order valence-electron chi connectivity index (χ1n) is 6.67. The fourth-order valence-corrected chi connectivity index (χ4v) is 2.68. The van der Waals surface area contributed by atoms with Gasteiger partial charge in [-0.05, 0) is 24.7 Å². The number of cyclic esters (lactones) is 1. The molecule has 1 fully saturated rings. The first-order valence-corrected chi connectivity index (χ1v) is 7.42. The highest BCUT2D eigenvalue weighted by atomic mass is 35.5. The van der Waals surface area contributed by atoms with Crippen LogP contribution in [0, 0.1) is 0 Å². The summed E-state index contributed by atoms with van der Waals surface area (Å²) in [5.74, 6) is -0.651. The third kappa shape index (κ3) is 4.09. The van der Waals surface area contributed by atoms with E-state index in [4.69, 9.17) is 27.9 Å². The predicted molar refractivity (Wildman–Crippen MR) is 81.7 cm³/mol. The number of rotatable bonds is 4. The molecule has 21 heavy (non-hydrogen) atoms. The van der Waals surface area contributed by atoms with Gasteiger partial charge < -0.3 is 10.1 Å². The zero-order chi connectivity index (χ0) is 15.4. The van der Waals surface area contributed by atoms with Crippen LogP contribution in [0.15, 0.2) is 18.2 Å². The molecule has 1 atom stereocenters. The maximum absolute atomic E-state index is 12.1. The summed E-state index contributed by atoms with van der Waals surface area (Å²) in [6.45, 7) is 3.64. The van der Waals surface area contributed by atoms with Gasteiger partial charge in [-0.3, -0.25) is 14.5 Å². The summed E-state index contributed by atoms with van der Waals surface area (Å²) in [6.07, 6.45) is 0.0334. The molecule has 1 saturated heterocycles. The number of morpholine rings is 1. The van der Waals surface area contributed by atoms with Crippen molar-refractivity contribution >= 4 is 40.8 Å². The first-order chi connectivity index (χ1) is 10.0. The number of ether oxygens (including phenoxy) is 1. The maximum atomic E-state index is 12.1. The van der Waals surface area contributed by atoms with Gasteiger partial charge in [-0.15, -0.1) is 0 Å². The van der Waals surface area contributed by atoms with Gasteiger partial charge in [-0.25, -0.2) is 0 Å². The summed E-state index contributed by atoms with van der Waals surface area (Å²) in [5, 5.41) is 3.53. The number of likely N-dealkylation sites (N-methyl/N-ethyl adjacent to an activating group) is 1. The zero-order valence-corrected chi connectivity index (χ0v) is 13.1. The lowest BCUT2D eigenvalue weighted by Crippen LogP contribution is -2.50. The molecule has 1 heterocycles. The van der Waals surface area contributed by atoms with E-state index < -0.39 is 6.04 Å². The van der Waals surface area contributed by atoms with Crippen molar-refractivity contribution in [3.05, 3.63) is 28.2 Å². The van der Waals surface area contributed by atoms with E-state index in [1.165, 1.54) is 0 Å². The van der Waals surface area contributed by atoms with Crippen molar-refractivity contribution in [2.45, 2.75) is 19.4 Å². The Hall–Kier alpha value is -1.30. The lowest BCUT2D eigenvalue weighted by Gasteiger charge is -2.32. The van der Waals surface area contributed by atoms with E-state index in [1.54, 1.807) is 18.2 Å². The molecule has 1 amide bonds. The van der Waals surface area contributed by atoms with Crippen LogP contribution in [-0.4, -0.2) is 42.5 Å². The molecule has 5 nitrogen and oxygen atoms in total. The minimum absolute atomic E-state index is 0.0334. The number of anilines is 1. The second kappa shape index (κ2) is 7.11. The van der Waals surface area contributed by atoms with E-state index in [1.807, 2.05) is 11.8 Å². The summed E-state index contributed by atoms with van der Waals surface area (Å²) < 4.78 is 5.01. The van der Waals surface area contributed by atoms with Crippen LogP contribution in [0.25, 0.3) is 0 Å². The average molecular weight is 331 g/mol. The smallest absolute Gasteiger partial charge is 0.323 e. The van der Waals surface area contributed by atoms with E-state index in [0.29, 0.717) is 35.4 Å². The van der Waals surface area contributed by atoms with Crippen molar-refractivity contribution in [3.8, 4) is 0 Å². The predicted octanol–water partition coefficient (Wildman–Crippen LogP) is 2.57. The molecule has 1 aliphatic rings. The Morgan fingerprint density at radius 3 is 2.90 bits per heavy atom. The Bertz CT molecular complexity index is 551. The van der Waals surface area contributed by atoms with E-state index >= 15 is 0 Å². The van der Waals surface area contributed by atoms with E-state index in [0.717, 1.165) is 0 Å². The van der Waals surface area contributed by atoms with Gasteiger partial charge >= 0.3 is 5.97 Å². The Kier molecular flexibility index (Phi) is 5.45. The van der Waals surface area contributed by atoms with E-state index in [9.17, 15) is 9.59 Å². The molecule has 114 valence electrons. The molecule has 2 rings (SSSR count). The monoisotopic (exact) mass is 330 g/mol. The van der Waals surface area contributed by atoms with Gasteiger partial charge in [0, 0.05) is 11.6 Å². The number of hydrogen-bond donors (Lipinski definition) is 1. The number of carbonyl (C=O) groups is 2. The van der Waals surface area contributed by atoms with Gasteiger partial charge in [0.25, 0.3) is 0 Å². The highest BCUT2D eigenvalue weighted by Crippen LogP contribution is 2.25. The van der Waals surface area contributed by atoms with Crippen LogP contribution in [0.3, 0.4) is 0 Å². The number of nitrogens with one attached hydrogen (secondary N) is 1. The summed E-state index contributed by atoms with van der Waals surface area (Å²) in [7, 11) is 0. The van der Waals surface area contributed by atoms with Crippen LogP contribution in [-0.2, 0) is 14.3 Å². The largest absolute Gasteiger partial charge is 0.463 e. The number of nitrogens with zero attached hydrogens (tertiary/aromatic N) is 1. The van der Waals surface area contributed by atoms with Crippen molar-refractivity contribution < 1.29 is 14.3 Å². The number of carbonyl (C=O) groups excluding carboxylic acids is 2. The van der Waals surface area contributed by atoms with Crippen LogP contribution < -0.4 is 5.32 Å². The molecule has 0 aromatic heterocycles. The number of amides is 1. The SMILES string of the molecule is CCN1CCOC(=O)[C@@H]1CC(=O)Nc1ccc(Cl)cc1Cl. The van der Waals surface area contributed by atoms with Gasteiger partial charge in [-0.1, -0.05) is 30.1 Å². The first kappa shape index (κ1) is 16.1. The van der Waals surface area contributed by atoms with Crippen molar-refractivity contribution in [2.75, 3.05) is 25.0 Å². The Balaban J connectivity index is 2.01. The highest BCUT2D eigenvalue weighted by molar-refractivity contribution is 6.36. The molecule has 7 heteroatoms. The zero-order valence-electron chi connectivity index (χ0n) is 11.6. The molecule has 0 unspecified atom stereocenters. The molecule has 1 N–H and O–H groups in total. The van der Waals surface area contributed by atoms with Crippen molar-refractivity contribution in [2.24, 2.45) is 0 Å². The lowest BCUT2D eigenvalue weighted by atomic mass is 10.1. The molecule has 0 aliphatic carbocycles. The molecule has 0 bridgehead atoms. The fourth-order valence-electron chi connectivity index (χ4n) is 2.22.